The topological polar surface area (TPSA) is 77.0 Å². The molecule has 0 radical (unpaired) electrons. The zero-order valence-corrected chi connectivity index (χ0v) is 14.8. The fraction of sp³-hybridized carbons (Fsp3) is 0.158. The predicted molar refractivity (Wildman–Crippen MR) is 101 cm³/mol. The lowest BCUT2D eigenvalue weighted by Crippen LogP contribution is -1.96. The van der Waals surface area contributed by atoms with Crippen molar-refractivity contribution < 1.29 is 9.47 Å². The van der Waals surface area contributed by atoms with Crippen LogP contribution >= 0.6 is 0 Å². The lowest BCUT2D eigenvalue weighted by Gasteiger charge is -2.11. The van der Waals surface area contributed by atoms with E-state index in [4.69, 9.17) is 9.47 Å². The van der Waals surface area contributed by atoms with Crippen molar-refractivity contribution in [2.45, 2.75) is 0 Å². The van der Waals surface area contributed by atoms with Crippen molar-refractivity contribution in [3.8, 4) is 22.8 Å². The summed E-state index contributed by atoms with van der Waals surface area (Å²) in [4.78, 5) is 7.90. The Hall–Kier alpha value is -3.48. The third-order valence-electron chi connectivity index (χ3n) is 4.21. The van der Waals surface area contributed by atoms with Crippen molar-refractivity contribution in [2.24, 2.45) is 7.05 Å². The van der Waals surface area contributed by atoms with Crippen LogP contribution < -0.4 is 14.8 Å². The third-order valence-corrected chi connectivity index (χ3v) is 4.21. The van der Waals surface area contributed by atoms with Crippen molar-refractivity contribution >= 4 is 22.4 Å². The summed E-state index contributed by atoms with van der Waals surface area (Å²) in [5.74, 6) is 2.11. The van der Waals surface area contributed by atoms with Crippen LogP contribution in [0.1, 0.15) is 0 Å². The highest BCUT2D eigenvalue weighted by atomic mass is 16.5. The number of ether oxygens (including phenoxy) is 2. The van der Waals surface area contributed by atoms with Crippen LogP contribution in [0.3, 0.4) is 0 Å². The smallest absolute Gasteiger partial charge is 0.162 e. The van der Waals surface area contributed by atoms with E-state index in [1.165, 1.54) is 0 Å². The number of rotatable bonds is 5. The SMILES string of the molecule is COc1ccc(Nc2nccc3[nH]c(-c4cnn(C)c4)cc23)cc1OC. The van der Waals surface area contributed by atoms with Crippen LogP contribution in [0.4, 0.5) is 11.5 Å². The largest absolute Gasteiger partial charge is 0.493 e. The number of hydrogen-bond donors (Lipinski definition) is 2. The average molecular weight is 349 g/mol. The molecule has 0 atom stereocenters. The monoisotopic (exact) mass is 349 g/mol. The van der Waals surface area contributed by atoms with Gasteiger partial charge in [-0.3, -0.25) is 4.68 Å². The van der Waals surface area contributed by atoms with Gasteiger partial charge >= 0.3 is 0 Å². The molecular formula is C19H19N5O2. The van der Waals surface area contributed by atoms with E-state index >= 15 is 0 Å². The maximum absolute atomic E-state index is 5.37. The van der Waals surface area contributed by atoms with E-state index < -0.39 is 0 Å². The Balaban J connectivity index is 1.72. The fourth-order valence-corrected chi connectivity index (χ4v) is 2.92. The molecule has 3 aromatic heterocycles. The number of aryl methyl sites for hydroxylation is 1. The standard InChI is InChI=1S/C19H19N5O2/c1-24-11-12(10-21-24)16-9-14-15(23-16)6-7-20-19(14)22-13-4-5-17(25-2)18(8-13)26-3/h4-11,23H,1-3H3,(H,20,22). The molecule has 0 unspecified atom stereocenters. The van der Waals surface area contributed by atoms with Crippen molar-refractivity contribution in [2.75, 3.05) is 19.5 Å². The molecule has 4 aromatic rings. The second kappa shape index (κ2) is 6.44. The van der Waals surface area contributed by atoms with E-state index in [1.54, 1.807) is 25.1 Å². The van der Waals surface area contributed by atoms with Crippen LogP contribution in [0, 0.1) is 0 Å². The van der Waals surface area contributed by atoms with Gasteiger partial charge in [0.05, 0.1) is 25.9 Å². The molecule has 0 saturated heterocycles. The van der Waals surface area contributed by atoms with Crippen molar-refractivity contribution in [1.82, 2.24) is 19.7 Å². The molecule has 4 rings (SSSR count). The molecule has 1 aromatic carbocycles. The van der Waals surface area contributed by atoms with Gasteiger partial charge in [-0.05, 0) is 24.3 Å². The first kappa shape index (κ1) is 16.0. The zero-order valence-electron chi connectivity index (χ0n) is 14.8. The maximum atomic E-state index is 5.37. The third kappa shape index (κ3) is 2.83. The Kier molecular flexibility index (Phi) is 3.96. The highest BCUT2D eigenvalue weighted by Crippen LogP contribution is 2.33. The van der Waals surface area contributed by atoms with Crippen LogP contribution in [-0.2, 0) is 7.05 Å². The second-order valence-electron chi connectivity index (χ2n) is 5.90. The maximum Gasteiger partial charge on any atom is 0.162 e. The van der Waals surface area contributed by atoms with E-state index in [0.29, 0.717) is 11.5 Å². The van der Waals surface area contributed by atoms with Crippen molar-refractivity contribution in [3.05, 3.63) is 48.9 Å². The minimum Gasteiger partial charge on any atom is -0.493 e. The number of aromatic nitrogens is 4. The Morgan fingerprint density at radius 3 is 2.65 bits per heavy atom. The van der Waals surface area contributed by atoms with Gasteiger partial charge < -0.3 is 19.8 Å². The molecular weight excluding hydrogens is 330 g/mol. The molecule has 0 bridgehead atoms. The normalized spacial score (nSPS) is 10.9. The molecule has 0 saturated carbocycles. The number of pyridine rings is 1. The van der Waals surface area contributed by atoms with Gasteiger partial charge in [-0.25, -0.2) is 4.98 Å². The van der Waals surface area contributed by atoms with Crippen LogP contribution in [0.5, 0.6) is 11.5 Å². The van der Waals surface area contributed by atoms with Gasteiger partial charge in [-0.15, -0.1) is 0 Å². The van der Waals surface area contributed by atoms with Crippen LogP contribution in [0.25, 0.3) is 22.2 Å². The van der Waals surface area contributed by atoms with Crippen LogP contribution in [0.2, 0.25) is 0 Å². The average Bonchev–Trinajstić information content (AvgIpc) is 3.28. The van der Waals surface area contributed by atoms with Gasteiger partial charge in [0.25, 0.3) is 0 Å². The molecule has 0 fully saturated rings. The van der Waals surface area contributed by atoms with Gasteiger partial charge in [0, 0.05) is 47.8 Å². The summed E-state index contributed by atoms with van der Waals surface area (Å²) < 4.78 is 12.4. The summed E-state index contributed by atoms with van der Waals surface area (Å²) in [6.07, 6.45) is 5.58. The molecule has 7 nitrogen and oxygen atoms in total. The van der Waals surface area contributed by atoms with Gasteiger partial charge in [-0.2, -0.15) is 5.10 Å². The first-order chi connectivity index (χ1) is 12.7. The molecule has 0 spiro atoms. The highest BCUT2D eigenvalue weighted by Gasteiger charge is 2.11. The number of benzene rings is 1. The molecule has 26 heavy (non-hydrogen) atoms. The molecule has 0 amide bonds. The summed E-state index contributed by atoms with van der Waals surface area (Å²) in [7, 11) is 5.14. The van der Waals surface area contributed by atoms with E-state index in [0.717, 1.165) is 33.7 Å². The number of aromatic amines is 1. The van der Waals surface area contributed by atoms with E-state index in [2.05, 4.69) is 26.4 Å². The molecule has 132 valence electrons. The van der Waals surface area contributed by atoms with Crippen LogP contribution in [-0.4, -0.2) is 34.0 Å². The van der Waals surface area contributed by atoms with Gasteiger partial charge in [0.15, 0.2) is 11.5 Å². The molecule has 0 aliphatic heterocycles. The lowest BCUT2D eigenvalue weighted by molar-refractivity contribution is 0.355. The fourth-order valence-electron chi connectivity index (χ4n) is 2.92. The molecule has 0 aliphatic rings. The minimum absolute atomic E-state index is 0.662. The lowest BCUT2D eigenvalue weighted by atomic mass is 10.2. The Bertz CT molecular complexity index is 1070. The summed E-state index contributed by atoms with van der Waals surface area (Å²) in [5, 5.41) is 8.58. The first-order valence-corrected chi connectivity index (χ1v) is 8.13. The number of nitrogens with zero attached hydrogens (tertiary/aromatic N) is 3. The quantitative estimate of drug-likeness (QED) is 0.574. The van der Waals surface area contributed by atoms with Gasteiger partial charge in [0.1, 0.15) is 5.82 Å². The highest BCUT2D eigenvalue weighted by molar-refractivity contribution is 5.95. The Morgan fingerprint density at radius 2 is 1.92 bits per heavy atom. The summed E-state index contributed by atoms with van der Waals surface area (Å²) in [6.45, 7) is 0. The van der Waals surface area contributed by atoms with E-state index in [-0.39, 0.29) is 0 Å². The molecule has 7 heteroatoms. The Labute approximate surface area is 150 Å². The van der Waals surface area contributed by atoms with Gasteiger partial charge in [-0.1, -0.05) is 0 Å². The zero-order chi connectivity index (χ0) is 18.1. The van der Waals surface area contributed by atoms with Crippen LogP contribution in [0.15, 0.2) is 48.9 Å². The molecule has 0 aliphatic carbocycles. The predicted octanol–water partition coefficient (Wildman–Crippen LogP) is 3.72. The van der Waals surface area contributed by atoms with Crippen molar-refractivity contribution in [3.63, 3.8) is 0 Å². The summed E-state index contributed by atoms with van der Waals surface area (Å²) >= 11 is 0. The number of hydrogen-bond acceptors (Lipinski definition) is 5. The number of H-pyrrole nitrogens is 1. The summed E-state index contributed by atoms with van der Waals surface area (Å²) in [5.41, 5.74) is 3.89. The first-order valence-electron chi connectivity index (χ1n) is 8.13. The van der Waals surface area contributed by atoms with Crippen molar-refractivity contribution in [1.29, 1.82) is 0 Å². The second-order valence-corrected chi connectivity index (χ2v) is 5.90. The Morgan fingerprint density at radius 1 is 1.08 bits per heavy atom. The summed E-state index contributed by atoms with van der Waals surface area (Å²) in [6, 6.07) is 9.70. The van der Waals surface area contributed by atoms with E-state index in [1.807, 2.05) is 43.7 Å². The molecule has 2 N–H and O–H groups in total. The molecule has 3 heterocycles. The number of nitrogens with one attached hydrogen (secondary N) is 2. The number of anilines is 2. The van der Waals surface area contributed by atoms with E-state index in [9.17, 15) is 0 Å². The number of methoxy groups -OCH3 is 2. The van der Waals surface area contributed by atoms with Gasteiger partial charge in [0.2, 0.25) is 0 Å². The number of fused-ring (bicyclic) bond motifs is 1. The minimum atomic E-state index is 0.662.